The molecule has 0 bridgehead atoms. The predicted molar refractivity (Wildman–Crippen MR) is 75.7 cm³/mol. The third-order valence-corrected chi connectivity index (χ3v) is 2.98. The SMILES string of the molecule is COCC(C)(NC(=O)COc1cccc(Br)c1)C(=O)O. The molecular weight excluding hydrogens is 330 g/mol. The monoisotopic (exact) mass is 345 g/mol. The van der Waals surface area contributed by atoms with Gasteiger partial charge in [0.05, 0.1) is 6.61 Å². The van der Waals surface area contributed by atoms with Gasteiger partial charge in [0, 0.05) is 11.6 Å². The van der Waals surface area contributed by atoms with Gasteiger partial charge in [0.25, 0.3) is 5.91 Å². The van der Waals surface area contributed by atoms with E-state index in [0.717, 1.165) is 4.47 Å². The number of methoxy groups -OCH3 is 1. The molecule has 0 fully saturated rings. The van der Waals surface area contributed by atoms with E-state index in [-0.39, 0.29) is 13.2 Å². The first-order valence-corrected chi connectivity index (χ1v) is 6.58. The number of halogens is 1. The van der Waals surface area contributed by atoms with E-state index in [2.05, 4.69) is 21.2 Å². The third-order valence-electron chi connectivity index (χ3n) is 2.49. The molecule has 1 unspecified atom stereocenters. The Morgan fingerprint density at radius 3 is 2.70 bits per heavy atom. The summed E-state index contributed by atoms with van der Waals surface area (Å²) in [4.78, 5) is 22.9. The lowest BCUT2D eigenvalue weighted by Gasteiger charge is -2.25. The van der Waals surface area contributed by atoms with Crippen molar-refractivity contribution in [2.24, 2.45) is 0 Å². The average molecular weight is 346 g/mol. The molecule has 0 aromatic heterocycles. The van der Waals surface area contributed by atoms with E-state index in [1.54, 1.807) is 18.2 Å². The van der Waals surface area contributed by atoms with Gasteiger partial charge in [0.1, 0.15) is 5.75 Å². The predicted octanol–water partition coefficient (Wildman–Crippen LogP) is 1.43. The van der Waals surface area contributed by atoms with E-state index in [4.69, 9.17) is 14.6 Å². The summed E-state index contributed by atoms with van der Waals surface area (Å²) < 4.78 is 10.9. The summed E-state index contributed by atoms with van der Waals surface area (Å²) >= 11 is 3.28. The van der Waals surface area contributed by atoms with Gasteiger partial charge in [-0.3, -0.25) is 4.79 Å². The maximum absolute atomic E-state index is 11.7. The molecule has 6 nitrogen and oxygen atoms in total. The van der Waals surface area contributed by atoms with Crippen LogP contribution in [0, 0.1) is 0 Å². The van der Waals surface area contributed by atoms with E-state index in [0.29, 0.717) is 5.75 Å². The maximum Gasteiger partial charge on any atom is 0.331 e. The van der Waals surface area contributed by atoms with Gasteiger partial charge in [-0.15, -0.1) is 0 Å². The molecule has 2 N–H and O–H groups in total. The van der Waals surface area contributed by atoms with Gasteiger partial charge in [-0.05, 0) is 25.1 Å². The number of benzene rings is 1. The summed E-state index contributed by atoms with van der Waals surface area (Å²) in [6.45, 7) is 0.962. The first-order chi connectivity index (χ1) is 9.37. The number of aliphatic carboxylic acids is 1. The van der Waals surface area contributed by atoms with E-state index >= 15 is 0 Å². The van der Waals surface area contributed by atoms with Gasteiger partial charge >= 0.3 is 5.97 Å². The minimum absolute atomic E-state index is 0.134. The number of amides is 1. The summed E-state index contributed by atoms with van der Waals surface area (Å²) in [7, 11) is 1.37. The van der Waals surface area contributed by atoms with Crippen molar-refractivity contribution < 1.29 is 24.2 Å². The van der Waals surface area contributed by atoms with Crippen LogP contribution in [0.3, 0.4) is 0 Å². The summed E-state index contributed by atoms with van der Waals surface area (Å²) in [5.74, 6) is -1.19. The molecule has 0 saturated carbocycles. The number of hydrogen-bond donors (Lipinski definition) is 2. The lowest BCUT2D eigenvalue weighted by Crippen LogP contribution is -2.56. The lowest BCUT2D eigenvalue weighted by molar-refractivity contribution is -0.149. The standard InChI is InChI=1S/C13H16BrNO5/c1-13(8-19-2,12(17)18)15-11(16)7-20-10-5-3-4-9(14)6-10/h3-6H,7-8H2,1-2H3,(H,15,16)(H,17,18). The molecule has 1 aromatic rings. The molecule has 1 aromatic carbocycles. The van der Waals surface area contributed by atoms with Crippen molar-refractivity contribution in [3.05, 3.63) is 28.7 Å². The summed E-state index contributed by atoms with van der Waals surface area (Å²) in [6.07, 6.45) is 0. The fourth-order valence-corrected chi connectivity index (χ4v) is 1.87. The third kappa shape index (κ3) is 4.82. The van der Waals surface area contributed by atoms with Crippen LogP contribution in [-0.2, 0) is 14.3 Å². The highest BCUT2D eigenvalue weighted by Gasteiger charge is 2.35. The van der Waals surface area contributed by atoms with Crippen LogP contribution in [0.4, 0.5) is 0 Å². The first-order valence-electron chi connectivity index (χ1n) is 5.79. The van der Waals surface area contributed by atoms with Crippen LogP contribution < -0.4 is 10.1 Å². The Bertz CT molecular complexity index is 493. The first kappa shape index (κ1) is 16.5. The quantitative estimate of drug-likeness (QED) is 0.780. The zero-order valence-corrected chi connectivity index (χ0v) is 12.8. The normalized spacial score (nSPS) is 13.3. The molecular formula is C13H16BrNO5. The van der Waals surface area contributed by atoms with Crippen molar-refractivity contribution in [1.82, 2.24) is 5.32 Å². The van der Waals surface area contributed by atoms with Crippen LogP contribution in [0.5, 0.6) is 5.75 Å². The van der Waals surface area contributed by atoms with Crippen LogP contribution >= 0.6 is 15.9 Å². The Morgan fingerprint density at radius 1 is 1.45 bits per heavy atom. The topological polar surface area (TPSA) is 84.9 Å². The summed E-state index contributed by atoms with van der Waals surface area (Å²) in [5.41, 5.74) is -1.48. The molecule has 0 aliphatic heterocycles. The highest BCUT2D eigenvalue weighted by Crippen LogP contribution is 2.17. The molecule has 7 heteroatoms. The van der Waals surface area contributed by atoms with E-state index in [1.165, 1.54) is 14.0 Å². The Hall–Kier alpha value is -1.60. The molecule has 0 saturated heterocycles. The van der Waals surface area contributed by atoms with Crippen molar-refractivity contribution in [3.8, 4) is 5.75 Å². The highest BCUT2D eigenvalue weighted by molar-refractivity contribution is 9.10. The summed E-state index contributed by atoms with van der Waals surface area (Å²) in [5, 5.41) is 11.5. The van der Waals surface area contributed by atoms with Gasteiger partial charge in [-0.1, -0.05) is 22.0 Å². The zero-order valence-electron chi connectivity index (χ0n) is 11.2. The van der Waals surface area contributed by atoms with Crippen LogP contribution in [0.2, 0.25) is 0 Å². The Balaban J connectivity index is 2.56. The minimum atomic E-state index is -1.48. The second-order valence-corrected chi connectivity index (χ2v) is 5.28. The second kappa shape index (κ2) is 7.25. The van der Waals surface area contributed by atoms with E-state index < -0.39 is 17.4 Å². The molecule has 1 amide bonds. The molecule has 0 aliphatic rings. The number of carbonyl (C=O) groups excluding carboxylic acids is 1. The number of nitrogens with one attached hydrogen (secondary N) is 1. The number of carboxylic acid groups (broad SMARTS) is 1. The maximum atomic E-state index is 11.7. The fraction of sp³-hybridized carbons (Fsp3) is 0.385. The second-order valence-electron chi connectivity index (χ2n) is 4.36. The molecule has 110 valence electrons. The summed E-state index contributed by atoms with van der Waals surface area (Å²) in [6, 6.07) is 7.00. The zero-order chi connectivity index (χ0) is 15.2. The van der Waals surface area contributed by atoms with Gasteiger partial charge in [-0.25, -0.2) is 4.79 Å². The molecule has 0 heterocycles. The number of rotatable bonds is 7. The van der Waals surface area contributed by atoms with E-state index in [9.17, 15) is 9.59 Å². The fourth-order valence-electron chi connectivity index (χ4n) is 1.49. The molecule has 0 aliphatic carbocycles. The molecule has 1 atom stereocenters. The molecule has 20 heavy (non-hydrogen) atoms. The number of carbonyl (C=O) groups is 2. The Kier molecular flexibility index (Phi) is 5.97. The average Bonchev–Trinajstić information content (AvgIpc) is 2.36. The number of hydrogen-bond acceptors (Lipinski definition) is 4. The van der Waals surface area contributed by atoms with Crippen molar-refractivity contribution in [3.63, 3.8) is 0 Å². The highest BCUT2D eigenvalue weighted by atomic mass is 79.9. The molecule has 0 spiro atoms. The van der Waals surface area contributed by atoms with Crippen molar-refractivity contribution >= 4 is 27.8 Å². The molecule has 1 rings (SSSR count). The molecule has 0 radical (unpaired) electrons. The number of ether oxygens (including phenoxy) is 2. The van der Waals surface area contributed by atoms with Crippen LogP contribution in [0.15, 0.2) is 28.7 Å². The van der Waals surface area contributed by atoms with Gasteiger partial charge in [0.15, 0.2) is 12.1 Å². The minimum Gasteiger partial charge on any atom is -0.484 e. The Morgan fingerprint density at radius 2 is 2.15 bits per heavy atom. The van der Waals surface area contributed by atoms with Gasteiger partial charge < -0.3 is 19.9 Å². The van der Waals surface area contributed by atoms with Crippen LogP contribution in [0.1, 0.15) is 6.92 Å². The van der Waals surface area contributed by atoms with Gasteiger partial charge in [-0.2, -0.15) is 0 Å². The lowest BCUT2D eigenvalue weighted by atomic mass is 10.0. The van der Waals surface area contributed by atoms with Crippen molar-refractivity contribution in [1.29, 1.82) is 0 Å². The van der Waals surface area contributed by atoms with Crippen LogP contribution in [-0.4, -0.2) is 42.8 Å². The van der Waals surface area contributed by atoms with Gasteiger partial charge in [0.2, 0.25) is 0 Å². The Labute approximate surface area is 125 Å². The van der Waals surface area contributed by atoms with E-state index in [1.807, 2.05) is 6.07 Å². The van der Waals surface area contributed by atoms with Crippen molar-refractivity contribution in [2.75, 3.05) is 20.3 Å². The van der Waals surface area contributed by atoms with Crippen LogP contribution in [0.25, 0.3) is 0 Å². The largest absolute Gasteiger partial charge is 0.484 e. The smallest absolute Gasteiger partial charge is 0.331 e. The number of carboxylic acids is 1. The van der Waals surface area contributed by atoms with Crippen molar-refractivity contribution in [2.45, 2.75) is 12.5 Å².